The van der Waals surface area contributed by atoms with Gasteiger partial charge in [-0.2, -0.15) is 13.2 Å². The Kier molecular flexibility index (Phi) is 5.54. The van der Waals surface area contributed by atoms with Crippen LogP contribution in [0, 0.1) is 0 Å². The van der Waals surface area contributed by atoms with Crippen LogP contribution in [0.3, 0.4) is 0 Å². The molecule has 0 radical (unpaired) electrons. The number of halogens is 3. The van der Waals surface area contributed by atoms with E-state index in [9.17, 15) is 13.2 Å². The number of hydrogen-bond donors (Lipinski definition) is 2. The molecule has 5 nitrogen and oxygen atoms in total. The third kappa shape index (κ3) is 4.68. The summed E-state index contributed by atoms with van der Waals surface area (Å²) in [6.45, 7) is 0. The first kappa shape index (κ1) is 20.1. The van der Waals surface area contributed by atoms with Gasteiger partial charge in [-0.15, -0.1) is 11.8 Å². The average molecular weight is 430 g/mol. The number of rotatable bonds is 6. The standard InChI is InChI=1S/C21H17F3N4OS/c1-29-15-4-2-3-13(9-15)26-14-5-6-17-18(10-14)28-20(27-17)12-30-16-7-8-25-19(11-16)21(22,23)24/h2-11,26H,12H2,1H3,(H,27,28). The van der Waals surface area contributed by atoms with E-state index in [2.05, 4.69) is 20.3 Å². The Hall–Kier alpha value is -3.20. The fourth-order valence-corrected chi connectivity index (χ4v) is 3.67. The summed E-state index contributed by atoms with van der Waals surface area (Å²) in [6.07, 6.45) is -3.29. The van der Waals surface area contributed by atoms with Gasteiger partial charge in [-0.25, -0.2) is 4.98 Å². The predicted molar refractivity (Wildman–Crippen MR) is 111 cm³/mol. The SMILES string of the molecule is COc1cccc(Nc2ccc3[nH]c(CSc4ccnc(C(F)(F)F)c4)nc3c2)c1. The van der Waals surface area contributed by atoms with Gasteiger partial charge >= 0.3 is 6.18 Å². The molecule has 0 unspecified atom stereocenters. The maximum absolute atomic E-state index is 12.8. The summed E-state index contributed by atoms with van der Waals surface area (Å²) in [5, 5.41) is 3.31. The van der Waals surface area contributed by atoms with Crippen LogP contribution in [-0.2, 0) is 11.9 Å². The van der Waals surface area contributed by atoms with Crippen LogP contribution in [0.5, 0.6) is 5.75 Å². The number of pyridine rings is 1. The van der Waals surface area contributed by atoms with Crippen molar-refractivity contribution < 1.29 is 17.9 Å². The molecular weight excluding hydrogens is 413 g/mol. The first-order valence-corrected chi connectivity index (χ1v) is 9.95. The number of imidazole rings is 1. The number of methoxy groups -OCH3 is 1. The van der Waals surface area contributed by atoms with E-state index in [1.807, 2.05) is 42.5 Å². The monoisotopic (exact) mass is 430 g/mol. The van der Waals surface area contributed by atoms with Crippen LogP contribution in [0.1, 0.15) is 11.5 Å². The lowest BCUT2D eigenvalue weighted by atomic mass is 10.2. The number of H-pyrrole nitrogens is 1. The Morgan fingerprint density at radius 3 is 2.70 bits per heavy atom. The lowest BCUT2D eigenvalue weighted by Gasteiger charge is -2.07. The second kappa shape index (κ2) is 8.27. The number of fused-ring (bicyclic) bond motifs is 1. The number of nitrogens with zero attached hydrogens (tertiary/aromatic N) is 2. The van der Waals surface area contributed by atoms with Crippen LogP contribution in [0.4, 0.5) is 24.5 Å². The molecule has 4 aromatic rings. The van der Waals surface area contributed by atoms with Crippen LogP contribution in [0.25, 0.3) is 11.0 Å². The zero-order valence-electron chi connectivity index (χ0n) is 15.8. The minimum absolute atomic E-state index is 0.411. The zero-order valence-corrected chi connectivity index (χ0v) is 16.6. The van der Waals surface area contributed by atoms with E-state index in [0.29, 0.717) is 16.5 Å². The largest absolute Gasteiger partial charge is 0.497 e. The molecule has 30 heavy (non-hydrogen) atoms. The zero-order chi connectivity index (χ0) is 21.1. The number of anilines is 2. The van der Waals surface area contributed by atoms with Crippen molar-refractivity contribution in [2.75, 3.05) is 12.4 Å². The highest BCUT2D eigenvalue weighted by Gasteiger charge is 2.32. The molecule has 0 amide bonds. The second-order valence-corrected chi connectivity index (χ2v) is 7.48. The lowest BCUT2D eigenvalue weighted by Crippen LogP contribution is -2.07. The Labute approximate surface area is 174 Å². The lowest BCUT2D eigenvalue weighted by molar-refractivity contribution is -0.141. The van der Waals surface area contributed by atoms with E-state index in [1.54, 1.807) is 13.2 Å². The van der Waals surface area contributed by atoms with Gasteiger partial charge in [-0.3, -0.25) is 4.98 Å². The Bertz CT molecular complexity index is 1180. The molecule has 2 aromatic carbocycles. The van der Waals surface area contributed by atoms with Crippen LogP contribution in [-0.4, -0.2) is 22.1 Å². The van der Waals surface area contributed by atoms with Gasteiger partial charge in [0.2, 0.25) is 0 Å². The van der Waals surface area contributed by atoms with Gasteiger partial charge in [0.05, 0.1) is 23.9 Å². The molecule has 0 saturated carbocycles. The Morgan fingerprint density at radius 2 is 1.90 bits per heavy atom. The van der Waals surface area contributed by atoms with Crippen molar-refractivity contribution in [2.45, 2.75) is 16.8 Å². The van der Waals surface area contributed by atoms with E-state index < -0.39 is 11.9 Å². The highest BCUT2D eigenvalue weighted by molar-refractivity contribution is 7.98. The van der Waals surface area contributed by atoms with Crippen LogP contribution in [0.15, 0.2) is 65.7 Å². The van der Waals surface area contributed by atoms with E-state index >= 15 is 0 Å². The summed E-state index contributed by atoms with van der Waals surface area (Å²) >= 11 is 1.27. The van der Waals surface area contributed by atoms with Gasteiger partial charge in [-0.05, 0) is 42.5 Å². The normalized spacial score (nSPS) is 11.6. The number of ether oxygens (including phenoxy) is 1. The second-order valence-electron chi connectivity index (χ2n) is 6.44. The first-order valence-electron chi connectivity index (χ1n) is 8.96. The molecule has 0 aliphatic heterocycles. The molecule has 0 spiro atoms. The van der Waals surface area contributed by atoms with Gasteiger partial charge in [-0.1, -0.05) is 6.07 Å². The van der Waals surface area contributed by atoms with Crippen molar-refractivity contribution in [3.05, 3.63) is 72.3 Å². The highest BCUT2D eigenvalue weighted by Crippen LogP contribution is 2.31. The molecular formula is C21H17F3N4OS. The number of hydrogen-bond acceptors (Lipinski definition) is 5. The summed E-state index contributed by atoms with van der Waals surface area (Å²) < 4.78 is 43.6. The maximum atomic E-state index is 12.8. The Morgan fingerprint density at radius 1 is 1.07 bits per heavy atom. The number of nitrogens with one attached hydrogen (secondary N) is 2. The van der Waals surface area contributed by atoms with Gasteiger partial charge in [0.25, 0.3) is 0 Å². The number of alkyl halides is 3. The molecule has 0 bridgehead atoms. The molecule has 9 heteroatoms. The molecule has 0 saturated heterocycles. The molecule has 0 atom stereocenters. The number of aromatic amines is 1. The molecule has 0 aliphatic rings. The van der Waals surface area contributed by atoms with Crippen LogP contribution >= 0.6 is 11.8 Å². The summed E-state index contributed by atoms with van der Waals surface area (Å²) in [6, 6.07) is 15.9. The minimum Gasteiger partial charge on any atom is -0.497 e. The minimum atomic E-state index is -4.46. The smallest absolute Gasteiger partial charge is 0.433 e. The Balaban J connectivity index is 1.47. The highest BCUT2D eigenvalue weighted by atomic mass is 32.2. The van der Waals surface area contributed by atoms with E-state index in [0.717, 1.165) is 34.2 Å². The van der Waals surface area contributed by atoms with Crippen molar-refractivity contribution in [2.24, 2.45) is 0 Å². The summed E-state index contributed by atoms with van der Waals surface area (Å²) in [4.78, 5) is 11.6. The van der Waals surface area contributed by atoms with E-state index in [1.165, 1.54) is 18.0 Å². The topological polar surface area (TPSA) is 62.8 Å². The van der Waals surface area contributed by atoms with Crippen molar-refractivity contribution in [1.29, 1.82) is 0 Å². The fourth-order valence-electron chi connectivity index (χ4n) is 2.88. The summed E-state index contributed by atoms with van der Waals surface area (Å²) in [7, 11) is 1.62. The summed E-state index contributed by atoms with van der Waals surface area (Å²) in [5.74, 6) is 1.85. The van der Waals surface area contributed by atoms with Gasteiger partial charge in [0, 0.05) is 28.5 Å². The fraction of sp³-hybridized carbons (Fsp3) is 0.143. The van der Waals surface area contributed by atoms with Crippen LogP contribution in [0.2, 0.25) is 0 Å². The quantitative estimate of drug-likeness (QED) is 0.366. The molecule has 4 rings (SSSR count). The van der Waals surface area contributed by atoms with Crippen molar-refractivity contribution in [3.8, 4) is 5.75 Å². The molecule has 2 aromatic heterocycles. The average Bonchev–Trinajstić information content (AvgIpc) is 3.14. The van der Waals surface area contributed by atoms with E-state index in [-0.39, 0.29) is 0 Å². The van der Waals surface area contributed by atoms with Crippen molar-refractivity contribution >= 4 is 34.2 Å². The molecule has 2 heterocycles. The van der Waals surface area contributed by atoms with Crippen molar-refractivity contribution in [3.63, 3.8) is 0 Å². The number of thioether (sulfide) groups is 1. The third-order valence-electron chi connectivity index (χ3n) is 4.29. The molecule has 154 valence electrons. The predicted octanol–water partition coefficient (Wildman–Crippen LogP) is 6.02. The first-order chi connectivity index (χ1) is 14.4. The molecule has 2 N–H and O–H groups in total. The number of benzene rings is 2. The third-order valence-corrected chi connectivity index (χ3v) is 5.29. The van der Waals surface area contributed by atoms with Crippen LogP contribution < -0.4 is 10.1 Å². The number of aromatic nitrogens is 3. The van der Waals surface area contributed by atoms with Crippen molar-refractivity contribution in [1.82, 2.24) is 15.0 Å². The maximum Gasteiger partial charge on any atom is 0.433 e. The van der Waals surface area contributed by atoms with Gasteiger partial charge in [0.15, 0.2) is 0 Å². The molecule has 0 fully saturated rings. The van der Waals surface area contributed by atoms with Gasteiger partial charge in [0.1, 0.15) is 17.3 Å². The molecule has 0 aliphatic carbocycles. The van der Waals surface area contributed by atoms with E-state index in [4.69, 9.17) is 4.74 Å². The summed E-state index contributed by atoms with van der Waals surface area (Å²) in [5.41, 5.74) is 2.48. The van der Waals surface area contributed by atoms with Gasteiger partial charge < -0.3 is 15.0 Å².